The highest BCUT2D eigenvalue weighted by Gasteiger charge is 2.40. The highest BCUT2D eigenvalue weighted by molar-refractivity contribution is 9.10. The Morgan fingerprint density at radius 3 is 2.62 bits per heavy atom. The molecule has 0 bridgehead atoms. The smallest absolute Gasteiger partial charge is 0.407 e. The van der Waals surface area contributed by atoms with Crippen molar-refractivity contribution < 1.29 is 19.1 Å². The van der Waals surface area contributed by atoms with Gasteiger partial charge in [-0.05, 0) is 27.4 Å². The summed E-state index contributed by atoms with van der Waals surface area (Å²) in [5, 5.41) is 10.4. The van der Waals surface area contributed by atoms with Gasteiger partial charge in [0.2, 0.25) is 0 Å². The average molecular weight is 528 g/mol. The van der Waals surface area contributed by atoms with E-state index < -0.39 is 11.9 Å². The summed E-state index contributed by atoms with van der Waals surface area (Å²) in [6.45, 7) is 7.48. The van der Waals surface area contributed by atoms with Crippen LogP contribution in [-0.2, 0) is 6.42 Å². The number of carboxylic acid groups (broad SMARTS) is 1. The molecule has 1 saturated heterocycles. The Kier molecular flexibility index (Phi) is 5.78. The lowest BCUT2D eigenvalue weighted by Crippen LogP contribution is -2.59. The van der Waals surface area contributed by atoms with Crippen LogP contribution in [0.25, 0.3) is 10.9 Å². The highest BCUT2D eigenvalue weighted by atomic mass is 79.9. The largest absolute Gasteiger partial charge is 0.465 e. The standard InChI is InChI=1S/C22H25BrClFN4O3/c1-22(2,3)14-10-28(7-8-29(14)21(31)32)19-11-9-12(24)16(23)17(25)18(11)26-13-5-6-27(4)20(30)15(13)19/h9,14H,5-8,10H2,1-4H3,(H,31,32). The van der Waals surface area contributed by atoms with Crippen molar-refractivity contribution in [3.8, 4) is 0 Å². The molecule has 1 aromatic heterocycles. The van der Waals surface area contributed by atoms with Crippen molar-refractivity contribution in [3.05, 3.63) is 32.6 Å². The number of pyridine rings is 1. The molecule has 2 aromatic rings. The summed E-state index contributed by atoms with van der Waals surface area (Å²) in [5.74, 6) is -0.748. The first kappa shape index (κ1) is 23.0. The van der Waals surface area contributed by atoms with Crippen LogP contribution in [0.4, 0.5) is 14.9 Å². The van der Waals surface area contributed by atoms with Gasteiger partial charge in [-0.25, -0.2) is 14.2 Å². The van der Waals surface area contributed by atoms with Crippen LogP contribution in [-0.4, -0.2) is 71.2 Å². The fourth-order valence-electron chi connectivity index (χ4n) is 4.59. The average Bonchev–Trinajstić information content (AvgIpc) is 2.73. The summed E-state index contributed by atoms with van der Waals surface area (Å²) in [6.07, 6.45) is -0.460. The van der Waals surface area contributed by atoms with Crippen molar-refractivity contribution in [2.24, 2.45) is 5.41 Å². The van der Waals surface area contributed by atoms with Crippen molar-refractivity contribution in [2.45, 2.75) is 33.2 Å². The number of amides is 2. The summed E-state index contributed by atoms with van der Waals surface area (Å²) in [7, 11) is 1.73. The summed E-state index contributed by atoms with van der Waals surface area (Å²) < 4.78 is 15.3. The lowest BCUT2D eigenvalue weighted by molar-refractivity contribution is 0.0736. The first-order valence-corrected chi connectivity index (χ1v) is 11.6. The van der Waals surface area contributed by atoms with E-state index in [1.54, 1.807) is 18.0 Å². The van der Waals surface area contributed by atoms with Crippen LogP contribution in [0.3, 0.4) is 0 Å². The number of piperazine rings is 1. The van der Waals surface area contributed by atoms with Crippen LogP contribution in [0.1, 0.15) is 36.8 Å². The number of rotatable bonds is 1. The second kappa shape index (κ2) is 8.02. The van der Waals surface area contributed by atoms with Gasteiger partial charge in [-0.15, -0.1) is 0 Å². The minimum absolute atomic E-state index is 0.132. The molecule has 1 aromatic carbocycles. The van der Waals surface area contributed by atoms with E-state index in [4.69, 9.17) is 11.6 Å². The molecule has 10 heteroatoms. The van der Waals surface area contributed by atoms with Gasteiger partial charge in [-0.3, -0.25) is 4.79 Å². The van der Waals surface area contributed by atoms with Crippen molar-refractivity contribution in [3.63, 3.8) is 0 Å². The fraction of sp³-hybridized carbons (Fsp3) is 0.500. The number of carbonyl (C=O) groups excluding carboxylic acids is 1. The Balaban J connectivity index is 1.97. The Hall–Kier alpha value is -2.13. The molecule has 0 aliphatic carbocycles. The molecular weight excluding hydrogens is 503 g/mol. The molecular formula is C22H25BrClFN4O3. The Morgan fingerprint density at radius 1 is 1.31 bits per heavy atom. The van der Waals surface area contributed by atoms with E-state index in [0.717, 1.165) is 0 Å². The molecule has 0 saturated carbocycles. The first-order valence-electron chi connectivity index (χ1n) is 10.4. The number of aromatic nitrogens is 1. The van der Waals surface area contributed by atoms with Gasteiger partial charge < -0.3 is 19.8 Å². The molecule has 2 amide bonds. The second-order valence-corrected chi connectivity index (χ2v) is 10.6. The topological polar surface area (TPSA) is 77.0 Å². The lowest BCUT2D eigenvalue weighted by atomic mass is 9.84. The van der Waals surface area contributed by atoms with Crippen LogP contribution in [0.15, 0.2) is 10.5 Å². The van der Waals surface area contributed by atoms with Crippen molar-refractivity contribution in [1.82, 2.24) is 14.8 Å². The predicted octanol–water partition coefficient (Wildman–Crippen LogP) is 4.63. The zero-order valence-corrected chi connectivity index (χ0v) is 20.7. The van der Waals surface area contributed by atoms with Crippen LogP contribution in [0.2, 0.25) is 5.02 Å². The van der Waals surface area contributed by atoms with E-state index in [2.05, 4.69) is 20.9 Å². The number of anilines is 1. The van der Waals surface area contributed by atoms with E-state index >= 15 is 4.39 Å². The molecule has 0 radical (unpaired) electrons. The number of fused-ring (bicyclic) bond motifs is 2. The summed E-state index contributed by atoms with van der Waals surface area (Å²) in [4.78, 5) is 34.7. The van der Waals surface area contributed by atoms with E-state index in [0.29, 0.717) is 48.4 Å². The highest BCUT2D eigenvalue weighted by Crippen LogP contribution is 2.41. The summed E-state index contributed by atoms with van der Waals surface area (Å²) in [5.41, 5.74) is 1.39. The van der Waals surface area contributed by atoms with Crippen molar-refractivity contribution in [2.75, 3.05) is 38.1 Å². The van der Waals surface area contributed by atoms with Gasteiger partial charge in [0.15, 0.2) is 5.82 Å². The normalized spacial score (nSPS) is 19.5. The van der Waals surface area contributed by atoms with Crippen LogP contribution < -0.4 is 4.90 Å². The molecule has 7 nitrogen and oxygen atoms in total. The van der Waals surface area contributed by atoms with Gasteiger partial charge in [-0.2, -0.15) is 0 Å². The molecule has 0 spiro atoms. The maximum Gasteiger partial charge on any atom is 0.407 e. The maximum atomic E-state index is 15.2. The molecule has 32 heavy (non-hydrogen) atoms. The van der Waals surface area contributed by atoms with E-state index in [1.807, 2.05) is 25.7 Å². The number of carbonyl (C=O) groups is 2. The maximum absolute atomic E-state index is 15.2. The van der Waals surface area contributed by atoms with E-state index in [-0.39, 0.29) is 38.9 Å². The third kappa shape index (κ3) is 3.69. The molecule has 172 valence electrons. The van der Waals surface area contributed by atoms with Crippen molar-refractivity contribution in [1.29, 1.82) is 0 Å². The Morgan fingerprint density at radius 2 is 2.00 bits per heavy atom. The monoisotopic (exact) mass is 526 g/mol. The Labute approximate surface area is 199 Å². The minimum Gasteiger partial charge on any atom is -0.465 e. The molecule has 1 unspecified atom stereocenters. The molecule has 1 fully saturated rings. The van der Waals surface area contributed by atoms with Gasteiger partial charge in [0, 0.05) is 45.0 Å². The van der Waals surface area contributed by atoms with Gasteiger partial charge >= 0.3 is 6.09 Å². The SMILES string of the molecule is CN1CCc2nc3c(F)c(Br)c(Cl)cc3c(N3CCN(C(=O)O)C(C(C)(C)C)C3)c2C1=O. The van der Waals surface area contributed by atoms with Gasteiger partial charge in [0.05, 0.1) is 32.5 Å². The summed E-state index contributed by atoms with van der Waals surface area (Å²) in [6, 6.07) is 1.31. The fourth-order valence-corrected chi connectivity index (χ4v) is 5.09. The van der Waals surface area contributed by atoms with Crippen LogP contribution in [0, 0.1) is 11.2 Å². The van der Waals surface area contributed by atoms with E-state index in [1.165, 1.54) is 4.90 Å². The van der Waals surface area contributed by atoms with Crippen molar-refractivity contribution >= 4 is 56.1 Å². The van der Waals surface area contributed by atoms with Gasteiger partial charge in [0.1, 0.15) is 5.52 Å². The minimum atomic E-state index is -0.972. The number of benzene rings is 1. The number of hydrogen-bond acceptors (Lipinski definition) is 4. The predicted molar refractivity (Wildman–Crippen MR) is 125 cm³/mol. The molecule has 1 atom stereocenters. The van der Waals surface area contributed by atoms with Gasteiger partial charge in [-0.1, -0.05) is 32.4 Å². The van der Waals surface area contributed by atoms with E-state index in [9.17, 15) is 14.7 Å². The lowest BCUT2D eigenvalue weighted by Gasteiger charge is -2.47. The molecule has 2 aliphatic rings. The number of likely N-dealkylation sites (N-methyl/N-ethyl adjacent to an activating group) is 1. The number of nitrogens with zero attached hydrogens (tertiary/aromatic N) is 4. The third-order valence-electron chi connectivity index (χ3n) is 6.35. The van der Waals surface area contributed by atoms with Crippen LogP contribution in [0.5, 0.6) is 0 Å². The third-order valence-corrected chi connectivity index (χ3v) is 7.65. The molecule has 4 rings (SSSR count). The second-order valence-electron chi connectivity index (χ2n) is 9.45. The zero-order valence-electron chi connectivity index (χ0n) is 18.4. The van der Waals surface area contributed by atoms with Crippen LogP contribution >= 0.6 is 27.5 Å². The molecule has 2 aliphatic heterocycles. The number of halogens is 3. The van der Waals surface area contributed by atoms with Gasteiger partial charge in [0.25, 0.3) is 5.91 Å². The molecule has 1 N–H and O–H groups in total. The Bertz CT molecular complexity index is 1140. The first-order chi connectivity index (χ1) is 14.9. The zero-order chi connectivity index (χ0) is 23.5. The molecule has 3 heterocycles. The summed E-state index contributed by atoms with van der Waals surface area (Å²) >= 11 is 9.49. The number of hydrogen-bond donors (Lipinski definition) is 1. The quantitative estimate of drug-likeness (QED) is 0.547.